The van der Waals surface area contributed by atoms with E-state index in [4.69, 9.17) is 5.73 Å². The first kappa shape index (κ1) is 10.8. The van der Waals surface area contributed by atoms with E-state index in [1.165, 1.54) is 12.1 Å². The van der Waals surface area contributed by atoms with Gasteiger partial charge in [-0.05, 0) is 47.0 Å². The van der Waals surface area contributed by atoms with Gasteiger partial charge in [0.05, 0.1) is 4.47 Å². The van der Waals surface area contributed by atoms with E-state index >= 15 is 0 Å². The first-order chi connectivity index (χ1) is 7.08. The van der Waals surface area contributed by atoms with Crippen LogP contribution in [0.25, 0.3) is 6.08 Å². The fraction of sp³-hybridized carbons (Fsp3) is 0.273. The van der Waals surface area contributed by atoms with E-state index in [1.807, 2.05) is 0 Å². The van der Waals surface area contributed by atoms with Gasteiger partial charge in [-0.25, -0.2) is 8.78 Å². The SMILES string of the molecule is NC1CC(=Cc2c(F)ccc(Br)c2F)C1. The molecule has 0 saturated heterocycles. The minimum absolute atomic E-state index is 0.0197. The molecule has 80 valence electrons. The van der Waals surface area contributed by atoms with Crippen LogP contribution in [-0.2, 0) is 0 Å². The normalized spacial score (nSPS) is 20.0. The van der Waals surface area contributed by atoms with Crippen LogP contribution in [0, 0.1) is 11.6 Å². The van der Waals surface area contributed by atoms with Crippen molar-refractivity contribution in [3.63, 3.8) is 0 Å². The lowest BCUT2D eigenvalue weighted by atomic mass is 9.86. The molecular weight excluding hydrogens is 264 g/mol. The van der Waals surface area contributed by atoms with Gasteiger partial charge in [0.25, 0.3) is 0 Å². The summed E-state index contributed by atoms with van der Waals surface area (Å²) in [6, 6.07) is 2.76. The summed E-state index contributed by atoms with van der Waals surface area (Å²) in [5, 5.41) is 0. The zero-order valence-electron chi connectivity index (χ0n) is 7.93. The molecule has 2 rings (SSSR count). The molecule has 0 heterocycles. The van der Waals surface area contributed by atoms with E-state index in [2.05, 4.69) is 15.9 Å². The minimum Gasteiger partial charge on any atom is -0.327 e. The molecule has 0 unspecified atom stereocenters. The zero-order valence-corrected chi connectivity index (χ0v) is 9.52. The Morgan fingerprint density at radius 1 is 1.33 bits per heavy atom. The second-order valence-corrected chi connectivity index (χ2v) is 4.58. The third kappa shape index (κ3) is 2.11. The van der Waals surface area contributed by atoms with Gasteiger partial charge in [0.1, 0.15) is 11.6 Å². The molecule has 0 spiro atoms. The summed E-state index contributed by atoms with van der Waals surface area (Å²) in [4.78, 5) is 0. The molecule has 1 saturated carbocycles. The fourth-order valence-corrected chi connectivity index (χ4v) is 1.96. The van der Waals surface area contributed by atoms with Gasteiger partial charge in [-0.1, -0.05) is 5.57 Å². The molecule has 15 heavy (non-hydrogen) atoms. The minimum atomic E-state index is -0.553. The lowest BCUT2D eigenvalue weighted by Gasteiger charge is -2.25. The zero-order chi connectivity index (χ0) is 11.0. The lowest BCUT2D eigenvalue weighted by molar-refractivity contribution is 0.542. The fourth-order valence-electron chi connectivity index (χ4n) is 1.61. The molecular formula is C11H10BrF2N. The van der Waals surface area contributed by atoms with E-state index in [0.717, 1.165) is 18.4 Å². The van der Waals surface area contributed by atoms with Crippen molar-refractivity contribution < 1.29 is 8.78 Å². The molecule has 1 nitrogen and oxygen atoms in total. The third-order valence-electron chi connectivity index (χ3n) is 2.48. The molecule has 0 atom stereocenters. The molecule has 0 aromatic heterocycles. The Labute approximate surface area is 95.1 Å². The van der Waals surface area contributed by atoms with Crippen LogP contribution in [0.1, 0.15) is 18.4 Å². The number of hydrogen-bond acceptors (Lipinski definition) is 1. The highest BCUT2D eigenvalue weighted by atomic mass is 79.9. The molecule has 4 heteroatoms. The molecule has 0 aliphatic heterocycles. The maximum Gasteiger partial charge on any atom is 0.147 e. The van der Waals surface area contributed by atoms with Crippen LogP contribution < -0.4 is 5.73 Å². The Morgan fingerprint density at radius 2 is 2.00 bits per heavy atom. The smallest absolute Gasteiger partial charge is 0.147 e. The molecule has 0 amide bonds. The van der Waals surface area contributed by atoms with Crippen LogP contribution >= 0.6 is 15.9 Å². The largest absolute Gasteiger partial charge is 0.327 e. The van der Waals surface area contributed by atoms with Gasteiger partial charge < -0.3 is 5.73 Å². The van der Waals surface area contributed by atoms with E-state index in [9.17, 15) is 8.78 Å². The van der Waals surface area contributed by atoms with Crippen molar-refractivity contribution in [1.82, 2.24) is 0 Å². The molecule has 1 aromatic carbocycles. The molecule has 1 fully saturated rings. The van der Waals surface area contributed by atoms with Gasteiger partial charge in [0, 0.05) is 11.6 Å². The number of hydrogen-bond donors (Lipinski definition) is 1. The maximum atomic E-state index is 13.5. The average molecular weight is 274 g/mol. The average Bonchev–Trinajstić information content (AvgIpc) is 2.15. The van der Waals surface area contributed by atoms with Crippen molar-refractivity contribution in [2.45, 2.75) is 18.9 Å². The number of halogens is 3. The predicted molar refractivity (Wildman–Crippen MR) is 59.2 cm³/mol. The second kappa shape index (κ2) is 4.02. The number of rotatable bonds is 1. The highest BCUT2D eigenvalue weighted by molar-refractivity contribution is 9.10. The highest BCUT2D eigenvalue weighted by Crippen LogP contribution is 2.30. The van der Waals surface area contributed by atoms with Crippen LogP contribution in [0.4, 0.5) is 8.78 Å². The van der Waals surface area contributed by atoms with Gasteiger partial charge in [0.15, 0.2) is 0 Å². The standard InChI is InChI=1S/C11H10BrF2N/c12-9-1-2-10(13)8(11(9)14)5-6-3-7(15)4-6/h1-2,5,7H,3-4,15H2. The summed E-state index contributed by atoms with van der Waals surface area (Å²) >= 11 is 3.03. The Bertz CT molecular complexity index is 421. The molecule has 1 aromatic rings. The Hall–Kier alpha value is -0.740. The predicted octanol–water partition coefficient (Wildman–Crippen LogP) is 3.23. The lowest BCUT2D eigenvalue weighted by Crippen LogP contribution is -2.30. The quantitative estimate of drug-likeness (QED) is 0.782. The van der Waals surface area contributed by atoms with Crippen LogP contribution in [0.15, 0.2) is 22.2 Å². The highest BCUT2D eigenvalue weighted by Gasteiger charge is 2.20. The Balaban J connectivity index is 2.36. The first-order valence-corrected chi connectivity index (χ1v) is 5.45. The van der Waals surface area contributed by atoms with E-state index < -0.39 is 11.6 Å². The van der Waals surface area contributed by atoms with E-state index in [-0.39, 0.29) is 16.1 Å². The van der Waals surface area contributed by atoms with Gasteiger partial charge in [-0.2, -0.15) is 0 Å². The summed E-state index contributed by atoms with van der Waals surface area (Å²) < 4.78 is 27.1. The van der Waals surface area contributed by atoms with Crippen molar-refractivity contribution in [3.05, 3.63) is 39.4 Å². The van der Waals surface area contributed by atoms with Gasteiger partial charge >= 0.3 is 0 Å². The van der Waals surface area contributed by atoms with Crippen LogP contribution in [-0.4, -0.2) is 6.04 Å². The van der Waals surface area contributed by atoms with E-state index in [1.54, 1.807) is 6.08 Å². The number of nitrogens with two attached hydrogens (primary N) is 1. The third-order valence-corrected chi connectivity index (χ3v) is 3.09. The van der Waals surface area contributed by atoms with Crippen molar-refractivity contribution in [1.29, 1.82) is 0 Å². The summed E-state index contributed by atoms with van der Waals surface area (Å²) in [6.07, 6.45) is 3.01. The Morgan fingerprint density at radius 3 is 2.60 bits per heavy atom. The van der Waals surface area contributed by atoms with Crippen molar-refractivity contribution in [2.75, 3.05) is 0 Å². The van der Waals surface area contributed by atoms with Crippen LogP contribution in [0.2, 0.25) is 0 Å². The first-order valence-electron chi connectivity index (χ1n) is 4.66. The van der Waals surface area contributed by atoms with Gasteiger partial charge in [0.2, 0.25) is 0 Å². The van der Waals surface area contributed by atoms with Crippen molar-refractivity contribution in [2.24, 2.45) is 5.73 Å². The van der Waals surface area contributed by atoms with Crippen LogP contribution in [0.5, 0.6) is 0 Å². The van der Waals surface area contributed by atoms with Gasteiger partial charge in [-0.3, -0.25) is 0 Å². The maximum absolute atomic E-state index is 13.5. The summed E-state index contributed by atoms with van der Waals surface area (Å²) in [5.41, 5.74) is 6.61. The summed E-state index contributed by atoms with van der Waals surface area (Å²) in [6.45, 7) is 0. The molecule has 0 radical (unpaired) electrons. The van der Waals surface area contributed by atoms with E-state index in [0.29, 0.717) is 0 Å². The summed E-state index contributed by atoms with van der Waals surface area (Å²) in [5.74, 6) is -1.09. The topological polar surface area (TPSA) is 26.0 Å². The van der Waals surface area contributed by atoms with Crippen molar-refractivity contribution in [3.8, 4) is 0 Å². The molecule has 2 N–H and O–H groups in total. The molecule has 1 aliphatic carbocycles. The Kier molecular flexibility index (Phi) is 2.89. The molecule has 0 bridgehead atoms. The second-order valence-electron chi connectivity index (χ2n) is 3.73. The van der Waals surface area contributed by atoms with Crippen molar-refractivity contribution >= 4 is 22.0 Å². The summed E-state index contributed by atoms with van der Waals surface area (Å²) in [7, 11) is 0. The monoisotopic (exact) mass is 273 g/mol. The van der Waals surface area contributed by atoms with Gasteiger partial charge in [-0.15, -0.1) is 0 Å². The number of benzene rings is 1. The van der Waals surface area contributed by atoms with Crippen LogP contribution in [0.3, 0.4) is 0 Å². The molecule has 1 aliphatic rings.